The van der Waals surface area contributed by atoms with E-state index in [1.165, 1.54) is 36.8 Å². The number of fused-ring (bicyclic) bond motifs is 3. The van der Waals surface area contributed by atoms with Crippen molar-refractivity contribution in [2.75, 3.05) is 18.6 Å². The predicted octanol–water partition coefficient (Wildman–Crippen LogP) is 8.22. The lowest BCUT2D eigenvalue weighted by molar-refractivity contribution is -0.124. The lowest BCUT2D eigenvalue weighted by Gasteiger charge is -2.55. The van der Waals surface area contributed by atoms with E-state index in [9.17, 15) is 4.79 Å². The Labute approximate surface area is 251 Å². The minimum Gasteiger partial charge on any atom is -0.496 e. The summed E-state index contributed by atoms with van der Waals surface area (Å²) in [5.41, 5.74) is 4.94. The van der Waals surface area contributed by atoms with Crippen LogP contribution < -0.4 is 9.64 Å². The third kappa shape index (κ3) is 5.49. The molecule has 2 heterocycles. The van der Waals surface area contributed by atoms with Gasteiger partial charge in [-0.1, -0.05) is 31.4 Å². The third-order valence-corrected chi connectivity index (χ3v) is 10.7. The molecule has 2 aromatic heterocycles. The Morgan fingerprint density at radius 3 is 2.33 bits per heavy atom. The van der Waals surface area contributed by atoms with Gasteiger partial charge in [-0.25, -0.2) is 4.98 Å². The van der Waals surface area contributed by atoms with Gasteiger partial charge in [-0.15, -0.1) is 0 Å². The molecule has 0 atom stereocenters. The van der Waals surface area contributed by atoms with E-state index in [0.29, 0.717) is 0 Å². The number of carbonyl (C=O) groups excluding carboxylic acids is 1. The third-order valence-electron chi connectivity index (χ3n) is 10.7. The molecular weight excluding hydrogens is 520 g/mol. The van der Waals surface area contributed by atoms with Gasteiger partial charge in [-0.3, -0.25) is 14.4 Å². The minimum absolute atomic E-state index is 0.0854. The lowest BCUT2D eigenvalue weighted by atomic mass is 9.51. The summed E-state index contributed by atoms with van der Waals surface area (Å²) in [6.07, 6.45) is 16.4. The molecule has 7 rings (SSSR count). The van der Waals surface area contributed by atoms with E-state index >= 15 is 0 Å². The van der Waals surface area contributed by atoms with Crippen LogP contribution in [0.25, 0.3) is 11.3 Å². The van der Waals surface area contributed by atoms with E-state index in [1.54, 1.807) is 7.11 Å². The molecule has 4 aliphatic rings. The fourth-order valence-electron chi connectivity index (χ4n) is 7.90. The van der Waals surface area contributed by atoms with Gasteiger partial charge >= 0.3 is 0 Å². The molecule has 6 heteroatoms. The summed E-state index contributed by atoms with van der Waals surface area (Å²) in [6.45, 7) is 9.39. The predicted molar refractivity (Wildman–Crippen MR) is 169 cm³/mol. The van der Waals surface area contributed by atoms with Gasteiger partial charge in [0.25, 0.3) is 0 Å². The van der Waals surface area contributed by atoms with E-state index < -0.39 is 0 Å². The summed E-state index contributed by atoms with van der Waals surface area (Å²) in [6, 6.07) is 13.0. The highest BCUT2D eigenvalue weighted by atomic mass is 16.5. The van der Waals surface area contributed by atoms with Crippen molar-refractivity contribution >= 4 is 11.7 Å². The number of pyridine rings is 1. The second kappa shape index (κ2) is 11.2. The summed E-state index contributed by atoms with van der Waals surface area (Å²) in [4.78, 5) is 21.2. The van der Waals surface area contributed by atoms with E-state index in [4.69, 9.17) is 14.8 Å². The number of hydrogen-bond acceptors (Lipinski definition) is 4. The second-order valence-electron chi connectivity index (χ2n) is 14.4. The molecule has 0 saturated heterocycles. The Morgan fingerprint density at radius 1 is 1.00 bits per heavy atom. The first kappa shape index (κ1) is 28.9. The smallest absolute Gasteiger partial charge is 0.231 e. The molecule has 4 aliphatic carbocycles. The highest BCUT2D eigenvalue weighted by Crippen LogP contribution is 2.58. The average molecular weight is 569 g/mol. The molecule has 1 amide bonds. The summed E-state index contributed by atoms with van der Waals surface area (Å²) in [7, 11) is 1.75. The van der Waals surface area contributed by atoms with Crippen LogP contribution in [0.3, 0.4) is 0 Å². The van der Waals surface area contributed by atoms with Crippen LogP contribution >= 0.6 is 0 Å². The van der Waals surface area contributed by atoms with E-state index in [-0.39, 0.29) is 28.2 Å². The number of aromatic nitrogens is 3. The van der Waals surface area contributed by atoms with Crippen molar-refractivity contribution < 1.29 is 9.53 Å². The number of aryl methyl sites for hydroxylation is 1. The number of ether oxygens (including phenoxy) is 1. The zero-order valence-corrected chi connectivity index (χ0v) is 26.3. The van der Waals surface area contributed by atoms with Crippen molar-refractivity contribution in [3.8, 4) is 17.0 Å². The molecule has 0 unspecified atom stereocenters. The van der Waals surface area contributed by atoms with Crippen LogP contribution in [0.5, 0.6) is 5.75 Å². The summed E-state index contributed by atoms with van der Waals surface area (Å²) >= 11 is 0. The van der Waals surface area contributed by atoms with E-state index in [0.717, 1.165) is 74.3 Å². The van der Waals surface area contributed by atoms with Crippen LogP contribution in [0.1, 0.15) is 103 Å². The highest BCUT2D eigenvalue weighted by molar-refractivity contribution is 5.94. The number of carbonyl (C=O) groups is 1. The van der Waals surface area contributed by atoms with Crippen LogP contribution in [-0.4, -0.2) is 34.3 Å². The molecule has 0 spiro atoms. The topological polar surface area (TPSA) is 60.2 Å². The maximum absolute atomic E-state index is 14.3. The standard InChI is InChI=1S/C36H48N4O2/c1-26-23-29(11-12-31(26)42-5)36-18-15-35(16-19-36,17-20-36)25-39(33(41)27-9-7-6-8-10-27)32-24-28(13-21-37-32)30-14-22-40(38-30)34(2,3)4/h11-14,21-24,27H,6-10,15-20,25H2,1-5H3. The molecular formula is C36H48N4O2. The molecule has 1 aromatic carbocycles. The second-order valence-corrected chi connectivity index (χ2v) is 14.4. The maximum atomic E-state index is 14.3. The van der Waals surface area contributed by atoms with Gasteiger partial charge in [0, 0.05) is 30.4 Å². The van der Waals surface area contributed by atoms with Crippen molar-refractivity contribution in [2.45, 2.75) is 109 Å². The number of amides is 1. The van der Waals surface area contributed by atoms with Crippen LogP contribution in [0, 0.1) is 18.3 Å². The quantitative estimate of drug-likeness (QED) is 0.288. The van der Waals surface area contributed by atoms with Gasteiger partial charge in [0.2, 0.25) is 5.91 Å². The zero-order valence-electron chi connectivity index (χ0n) is 26.3. The van der Waals surface area contributed by atoms with Crippen molar-refractivity contribution in [3.63, 3.8) is 0 Å². The summed E-state index contributed by atoms with van der Waals surface area (Å²) in [5, 5.41) is 4.87. The van der Waals surface area contributed by atoms with Crippen molar-refractivity contribution in [1.29, 1.82) is 0 Å². The molecule has 0 N–H and O–H groups in total. The van der Waals surface area contributed by atoms with Crippen molar-refractivity contribution in [1.82, 2.24) is 14.8 Å². The maximum Gasteiger partial charge on any atom is 0.231 e. The Bertz CT molecular complexity index is 1400. The fraction of sp³-hybridized carbons (Fsp3) is 0.583. The van der Waals surface area contributed by atoms with Crippen LogP contribution in [0.15, 0.2) is 48.8 Å². The highest BCUT2D eigenvalue weighted by Gasteiger charge is 2.50. The minimum atomic E-state index is -0.0854. The number of methoxy groups -OCH3 is 1. The Balaban J connectivity index is 1.27. The Kier molecular flexibility index (Phi) is 7.69. The van der Waals surface area contributed by atoms with Gasteiger partial charge in [-0.05, 0) is 125 Å². The lowest BCUT2D eigenvalue weighted by Crippen LogP contribution is -2.51. The first-order chi connectivity index (χ1) is 20.1. The van der Waals surface area contributed by atoms with Crippen LogP contribution in [0.4, 0.5) is 5.82 Å². The molecule has 0 aliphatic heterocycles. The average Bonchev–Trinajstić information content (AvgIpc) is 3.53. The summed E-state index contributed by atoms with van der Waals surface area (Å²) in [5.74, 6) is 2.14. The van der Waals surface area contributed by atoms with Gasteiger partial charge in [0.1, 0.15) is 11.6 Å². The van der Waals surface area contributed by atoms with Gasteiger partial charge < -0.3 is 4.74 Å². The number of hydrogen-bond donors (Lipinski definition) is 0. The first-order valence-corrected chi connectivity index (χ1v) is 16.1. The molecule has 42 heavy (non-hydrogen) atoms. The van der Waals surface area contributed by atoms with Crippen LogP contribution in [0.2, 0.25) is 0 Å². The molecule has 2 bridgehead atoms. The van der Waals surface area contributed by atoms with E-state index in [1.807, 2.05) is 23.1 Å². The molecule has 4 saturated carbocycles. The molecule has 6 nitrogen and oxygen atoms in total. The molecule has 224 valence electrons. The van der Waals surface area contributed by atoms with Crippen molar-refractivity contribution in [2.24, 2.45) is 11.3 Å². The first-order valence-electron chi connectivity index (χ1n) is 16.1. The Morgan fingerprint density at radius 2 is 1.71 bits per heavy atom. The number of rotatable bonds is 7. The van der Waals surface area contributed by atoms with Gasteiger partial charge in [0.05, 0.1) is 18.3 Å². The van der Waals surface area contributed by atoms with Crippen LogP contribution in [-0.2, 0) is 15.7 Å². The molecule has 3 aromatic rings. The summed E-state index contributed by atoms with van der Waals surface area (Å²) < 4.78 is 7.55. The van der Waals surface area contributed by atoms with E-state index in [2.05, 4.69) is 62.9 Å². The van der Waals surface area contributed by atoms with Gasteiger partial charge in [-0.2, -0.15) is 5.10 Å². The number of anilines is 1. The largest absolute Gasteiger partial charge is 0.496 e. The molecule has 4 fully saturated rings. The Hall–Kier alpha value is -3.15. The van der Waals surface area contributed by atoms with Crippen molar-refractivity contribution in [3.05, 3.63) is 59.9 Å². The molecule has 0 radical (unpaired) electrons. The number of benzene rings is 1. The monoisotopic (exact) mass is 568 g/mol. The van der Waals surface area contributed by atoms with Gasteiger partial charge in [0.15, 0.2) is 0 Å². The fourth-order valence-corrected chi connectivity index (χ4v) is 7.90. The SMILES string of the molecule is COc1ccc(C23CCC(CN(C(=O)C4CCCCC4)c4cc(-c5ccn(C(C)(C)C)n5)ccn4)(CC2)CC3)cc1C. The normalized spacial score (nSPS) is 24.5. The number of nitrogens with zero attached hydrogens (tertiary/aromatic N) is 4. The zero-order chi connectivity index (χ0) is 29.5.